The van der Waals surface area contributed by atoms with E-state index >= 15 is 0 Å². The molecule has 1 fully saturated rings. The monoisotopic (exact) mass is 260 g/mol. The predicted molar refractivity (Wildman–Crippen MR) is 71.0 cm³/mol. The van der Waals surface area contributed by atoms with Crippen molar-refractivity contribution in [3.05, 3.63) is 24.4 Å². The third-order valence-electron chi connectivity index (χ3n) is 3.01. The molecule has 0 aliphatic carbocycles. The Labute approximate surface area is 110 Å². The molecule has 1 atom stereocenters. The molecule has 0 radical (unpaired) electrons. The van der Waals surface area contributed by atoms with E-state index in [1.165, 1.54) is 4.68 Å². The normalized spacial score (nSPS) is 18.6. The number of anilines is 2. The number of hydrogen-bond acceptors (Lipinski definition) is 6. The van der Waals surface area contributed by atoms with Gasteiger partial charge in [0.25, 0.3) is 0 Å². The number of aromatic nitrogens is 4. The fourth-order valence-corrected chi connectivity index (χ4v) is 2.06. The van der Waals surface area contributed by atoms with Gasteiger partial charge in [0, 0.05) is 19.3 Å². The van der Waals surface area contributed by atoms with Gasteiger partial charge in [-0.3, -0.25) is 0 Å². The molecule has 0 bridgehead atoms. The van der Waals surface area contributed by atoms with Crippen molar-refractivity contribution in [2.24, 2.45) is 0 Å². The standard InChI is InChI=1S/C12H16N6O/c13-11-16-12(15-8-9-4-3-7-19-9)17-18(11)10-5-1-2-6-14-10/h1-2,5-6,9H,3-4,7-8H2,(H3,13,15,16,17). The second-order valence-corrected chi connectivity index (χ2v) is 4.41. The molecule has 3 N–H and O–H groups in total. The molecule has 3 rings (SSSR count). The molecule has 2 aromatic heterocycles. The van der Waals surface area contributed by atoms with Crippen molar-refractivity contribution in [3.8, 4) is 5.82 Å². The Morgan fingerprint density at radius 1 is 1.47 bits per heavy atom. The van der Waals surface area contributed by atoms with Crippen LogP contribution in [-0.2, 0) is 4.74 Å². The highest BCUT2D eigenvalue weighted by molar-refractivity contribution is 5.38. The molecule has 7 heteroatoms. The van der Waals surface area contributed by atoms with Crippen molar-refractivity contribution in [1.29, 1.82) is 0 Å². The molecule has 0 saturated carbocycles. The summed E-state index contributed by atoms with van der Waals surface area (Å²) in [4.78, 5) is 8.36. The molecule has 1 saturated heterocycles. The second kappa shape index (κ2) is 5.23. The zero-order chi connectivity index (χ0) is 13.1. The highest BCUT2D eigenvalue weighted by Crippen LogP contribution is 2.14. The highest BCUT2D eigenvalue weighted by Gasteiger charge is 2.16. The summed E-state index contributed by atoms with van der Waals surface area (Å²) < 4.78 is 7.04. The van der Waals surface area contributed by atoms with Gasteiger partial charge in [0.1, 0.15) is 0 Å². The lowest BCUT2D eigenvalue weighted by molar-refractivity contribution is 0.120. The Bertz CT molecular complexity index is 534. The van der Waals surface area contributed by atoms with Crippen LogP contribution in [0, 0.1) is 0 Å². The summed E-state index contributed by atoms with van der Waals surface area (Å²) in [7, 11) is 0. The van der Waals surface area contributed by atoms with Gasteiger partial charge in [-0.2, -0.15) is 9.67 Å². The van der Waals surface area contributed by atoms with Crippen LogP contribution < -0.4 is 11.1 Å². The van der Waals surface area contributed by atoms with Crippen LogP contribution in [0.25, 0.3) is 5.82 Å². The lowest BCUT2D eigenvalue weighted by Gasteiger charge is -2.08. The van der Waals surface area contributed by atoms with Gasteiger partial charge in [-0.25, -0.2) is 4.98 Å². The molecular formula is C12H16N6O. The number of nitrogens with one attached hydrogen (secondary N) is 1. The Balaban J connectivity index is 1.70. The fourth-order valence-electron chi connectivity index (χ4n) is 2.06. The summed E-state index contributed by atoms with van der Waals surface area (Å²) in [6, 6.07) is 5.55. The summed E-state index contributed by atoms with van der Waals surface area (Å²) in [6.45, 7) is 1.54. The van der Waals surface area contributed by atoms with Crippen LogP contribution in [0.5, 0.6) is 0 Å². The molecule has 7 nitrogen and oxygen atoms in total. The topological polar surface area (TPSA) is 90.9 Å². The van der Waals surface area contributed by atoms with Crippen molar-refractivity contribution in [2.75, 3.05) is 24.2 Å². The Kier molecular flexibility index (Phi) is 3.28. The second-order valence-electron chi connectivity index (χ2n) is 4.41. The van der Waals surface area contributed by atoms with Crippen LogP contribution in [0.2, 0.25) is 0 Å². The average molecular weight is 260 g/mol. The first kappa shape index (κ1) is 11.9. The van der Waals surface area contributed by atoms with Gasteiger partial charge in [-0.15, -0.1) is 5.10 Å². The molecule has 100 valence electrons. The zero-order valence-corrected chi connectivity index (χ0v) is 10.5. The average Bonchev–Trinajstić information content (AvgIpc) is 3.07. The minimum Gasteiger partial charge on any atom is -0.376 e. The molecule has 1 aliphatic heterocycles. The van der Waals surface area contributed by atoms with E-state index in [4.69, 9.17) is 10.5 Å². The van der Waals surface area contributed by atoms with E-state index in [0.29, 0.717) is 24.3 Å². The van der Waals surface area contributed by atoms with Crippen molar-refractivity contribution in [1.82, 2.24) is 19.7 Å². The van der Waals surface area contributed by atoms with Gasteiger partial charge in [0.15, 0.2) is 5.82 Å². The van der Waals surface area contributed by atoms with Gasteiger partial charge in [0.05, 0.1) is 6.10 Å². The third kappa shape index (κ3) is 2.65. The van der Waals surface area contributed by atoms with Crippen LogP contribution in [0.4, 0.5) is 11.9 Å². The van der Waals surface area contributed by atoms with E-state index in [2.05, 4.69) is 20.4 Å². The molecule has 0 aromatic carbocycles. The Morgan fingerprint density at radius 2 is 2.42 bits per heavy atom. The first-order valence-electron chi connectivity index (χ1n) is 6.32. The van der Waals surface area contributed by atoms with Gasteiger partial charge >= 0.3 is 0 Å². The number of rotatable bonds is 4. The largest absolute Gasteiger partial charge is 0.376 e. The maximum Gasteiger partial charge on any atom is 0.244 e. The Morgan fingerprint density at radius 3 is 3.16 bits per heavy atom. The first-order chi connectivity index (χ1) is 9.33. The van der Waals surface area contributed by atoms with Gasteiger partial charge in [-0.1, -0.05) is 6.07 Å². The maximum atomic E-state index is 5.84. The third-order valence-corrected chi connectivity index (χ3v) is 3.01. The van der Waals surface area contributed by atoms with E-state index in [0.717, 1.165) is 19.4 Å². The number of nitrogens with zero attached hydrogens (tertiary/aromatic N) is 4. The van der Waals surface area contributed by atoms with E-state index in [9.17, 15) is 0 Å². The van der Waals surface area contributed by atoms with Crippen molar-refractivity contribution < 1.29 is 4.74 Å². The lowest BCUT2D eigenvalue weighted by Crippen LogP contribution is -2.19. The number of nitrogens with two attached hydrogens (primary N) is 1. The Hall–Kier alpha value is -2.15. The van der Waals surface area contributed by atoms with Gasteiger partial charge in [0.2, 0.25) is 11.9 Å². The summed E-state index contributed by atoms with van der Waals surface area (Å²) in [5.41, 5.74) is 5.84. The number of hydrogen-bond donors (Lipinski definition) is 2. The molecule has 19 heavy (non-hydrogen) atoms. The quantitative estimate of drug-likeness (QED) is 0.846. The van der Waals surface area contributed by atoms with Crippen LogP contribution in [0.1, 0.15) is 12.8 Å². The molecule has 1 unspecified atom stereocenters. The first-order valence-corrected chi connectivity index (χ1v) is 6.32. The maximum absolute atomic E-state index is 5.84. The van der Waals surface area contributed by atoms with E-state index < -0.39 is 0 Å². The summed E-state index contributed by atoms with van der Waals surface area (Å²) in [5, 5.41) is 7.43. The summed E-state index contributed by atoms with van der Waals surface area (Å²) >= 11 is 0. The van der Waals surface area contributed by atoms with Gasteiger partial charge < -0.3 is 15.8 Å². The summed E-state index contributed by atoms with van der Waals surface area (Å²) in [6.07, 6.45) is 4.12. The molecule has 2 aromatic rings. The molecular weight excluding hydrogens is 244 g/mol. The zero-order valence-electron chi connectivity index (χ0n) is 10.5. The SMILES string of the molecule is Nc1nc(NCC2CCCO2)nn1-c1ccccn1. The van der Waals surface area contributed by atoms with E-state index in [1.54, 1.807) is 6.20 Å². The number of pyridine rings is 1. The lowest BCUT2D eigenvalue weighted by atomic mass is 10.2. The molecule has 1 aliphatic rings. The van der Waals surface area contributed by atoms with Crippen molar-refractivity contribution in [3.63, 3.8) is 0 Å². The highest BCUT2D eigenvalue weighted by atomic mass is 16.5. The van der Waals surface area contributed by atoms with Crippen LogP contribution in [0.3, 0.4) is 0 Å². The van der Waals surface area contributed by atoms with Crippen LogP contribution >= 0.6 is 0 Å². The van der Waals surface area contributed by atoms with Crippen molar-refractivity contribution in [2.45, 2.75) is 18.9 Å². The molecule has 0 amide bonds. The minimum atomic E-state index is 0.239. The van der Waals surface area contributed by atoms with Crippen LogP contribution in [-0.4, -0.2) is 39.0 Å². The van der Waals surface area contributed by atoms with E-state index in [1.807, 2.05) is 18.2 Å². The van der Waals surface area contributed by atoms with E-state index in [-0.39, 0.29) is 6.10 Å². The minimum absolute atomic E-state index is 0.239. The smallest absolute Gasteiger partial charge is 0.244 e. The molecule has 0 spiro atoms. The van der Waals surface area contributed by atoms with Crippen molar-refractivity contribution >= 4 is 11.9 Å². The number of ether oxygens (including phenoxy) is 1. The fraction of sp³-hybridized carbons (Fsp3) is 0.417. The van der Waals surface area contributed by atoms with Gasteiger partial charge in [-0.05, 0) is 25.0 Å². The predicted octanol–water partition coefficient (Wildman–Crippen LogP) is 0.835. The molecule has 3 heterocycles. The van der Waals surface area contributed by atoms with Crippen LogP contribution in [0.15, 0.2) is 24.4 Å². The summed E-state index contributed by atoms with van der Waals surface area (Å²) in [5.74, 6) is 1.46. The number of nitrogen functional groups attached to an aromatic ring is 1.